The first-order chi connectivity index (χ1) is 9.83. The van der Waals surface area contributed by atoms with Gasteiger partial charge in [0.05, 0.1) is 11.8 Å². The van der Waals surface area contributed by atoms with Crippen LogP contribution in [0.4, 0.5) is 0 Å². The topological polar surface area (TPSA) is 42.2 Å². The number of carbonyl (C=O) groups is 1. The Kier molecular flexibility index (Phi) is 3.99. The van der Waals surface area contributed by atoms with E-state index in [4.69, 9.17) is 4.42 Å². The molecule has 0 radical (unpaired) electrons. The second-order valence-electron chi connectivity index (χ2n) is 4.30. The first-order valence-electron chi connectivity index (χ1n) is 6.24. The second-order valence-corrected chi connectivity index (χ2v) is 6.24. The van der Waals surface area contributed by atoms with Crippen LogP contribution in [0.25, 0.3) is 10.4 Å². The molecule has 3 nitrogen and oxygen atoms in total. The molecule has 3 heterocycles. The molecule has 0 aliphatic carbocycles. The first kappa shape index (κ1) is 13.1. The number of thiophene rings is 2. The van der Waals surface area contributed by atoms with Crippen LogP contribution in [0.1, 0.15) is 15.2 Å². The maximum Gasteiger partial charge on any atom is 0.254 e. The monoisotopic (exact) mass is 303 g/mol. The molecule has 1 amide bonds. The Morgan fingerprint density at radius 2 is 2.20 bits per heavy atom. The normalized spacial score (nSPS) is 10.6. The summed E-state index contributed by atoms with van der Waals surface area (Å²) in [6, 6.07) is 8.05. The van der Waals surface area contributed by atoms with Crippen molar-refractivity contribution < 1.29 is 9.21 Å². The first-order valence-corrected chi connectivity index (χ1v) is 8.00. The summed E-state index contributed by atoms with van der Waals surface area (Å²) in [4.78, 5) is 14.3. The molecular weight excluding hydrogens is 290 g/mol. The van der Waals surface area contributed by atoms with E-state index < -0.39 is 0 Å². The van der Waals surface area contributed by atoms with Crippen molar-refractivity contribution in [2.24, 2.45) is 0 Å². The van der Waals surface area contributed by atoms with E-state index in [0.29, 0.717) is 12.1 Å². The van der Waals surface area contributed by atoms with Crippen molar-refractivity contribution in [2.45, 2.75) is 6.42 Å². The zero-order valence-electron chi connectivity index (χ0n) is 10.7. The number of carbonyl (C=O) groups excluding carboxylic acids is 1. The highest BCUT2D eigenvalue weighted by atomic mass is 32.1. The van der Waals surface area contributed by atoms with Gasteiger partial charge in [0, 0.05) is 21.9 Å². The molecule has 3 aromatic heterocycles. The smallest absolute Gasteiger partial charge is 0.254 e. The Balaban J connectivity index is 1.53. The highest BCUT2D eigenvalue weighted by Crippen LogP contribution is 2.29. The van der Waals surface area contributed by atoms with Crippen molar-refractivity contribution in [3.05, 3.63) is 58.0 Å². The molecule has 0 atom stereocenters. The summed E-state index contributed by atoms with van der Waals surface area (Å²) in [5.41, 5.74) is 1.84. The molecule has 0 spiro atoms. The molecule has 0 unspecified atom stereocenters. The van der Waals surface area contributed by atoms with Crippen molar-refractivity contribution in [3.8, 4) is 10.4 Å². The standard InChI is InChI=1S/C15H13NO2S2/c17-15(11-4-7-18-9-11)16-6-3-13-1-2-14(20-13)12-5-8-19-10-12/h1-2,4-5,7-10H,3,6H2,(H,16,17). The van der Waals surface area contributed by atoms with Gasteiger partial charge in [0.15, 0.2) is 0 Å². The molecule has 5 heteroatoms. The maximum absolute atomic E-state index is 11.7. The van der Waals surface area contributed by atoms with Crippen LogP contribution in [0.5, 0.6) is 0 Å². The van der Waals surface area contributed by atoms with Gasteiger partial charge in [-0.15, -0.1) is 11.3 Å². The third-order valence-corrected chi connectivity index (χ3v) is 4.78. The number of rotatable bonds is 5. The fourth-order valence-electron chi connectivity index (χ4n) is 1.87. The molecule has 0 saturated carbocycles. The van der Waals surface area contributed by atoms with Crippen LogP contribution in [-0.2, 0) is 6.42 Å². The summed E-state index contributed by atoms with van der Waals surface area (Å²) in [5, 5.41) is 7.12. The van der Waals surface area contributed by atoms with Gasteiger partial charge in [-0.3, -0.25) is 4.79 Å². The number of hydrogen-bond donors (Lipinski definition) is 1. The van der Waals surface area contributed by atoms with E-state index in [9.17, 15) is 4.79 Å². The van der Waals surface area contributed by atoms with Crippen molar-refractivity contribution in [3.63, 3.8) is 0 Å². The lowest BCUT2D eigenvalue weighted by atomic mass is 10.2. The minimum absolute atomic E-state index is 0.0895. The Morgan fingerprint density at radius 3 is 2.95 bits per heavy atom. The van der Waals surface area contributed by atoms with E-state index in [1.807, 2.05) is 0 Å². The number of furan rings is 1. The van der Waals surface area contributed by atoms with Gasteiger partial charge in [0.2, 0.25) is 0 Å². The molecule has 1 N–H and O–H groups in total. The summed E-state index contributed by atoms with van der Waals surface area (Å²) < 4.78 is 4.89. The van der Waals surface area contributed by atoms with Gasteiger partial charge in [-0.1, -0.05) is 0 Å². The summed E-state index contributed by atoms with van der Waals surface area (Å²) in [7, 11) is 0. The Labute approximate surface area is 124 Å². The molecule has 0 aliphatic heterocycles. The summed E-state index contributed by atoms with van der Waals surface area (Å²) >= 11 is 3.48. The predicted octanol–water partition coefficient (Wildman–Crippen LogP) is 4.04. The van der Waals surface area contributed by atoms with Crippen molar-refractivity contribution in [2.75, 3.05) is 6.54 Å². The molecule has 102 valence electrons. The predicted molar refractivity (Wildman–Crippen MR) is 82.4 cm³/mol. The Morgan fingerprint density at radius 1 is 1.25 bits per heavy atom. The average molecular weight is 303 g/mol. The SMILES string of the molecule is O=C(NCCc1ccc(-c2ccsc2)s1)c1ccoc1. The summed E-state index contributed by atoms with van der Waals surface area (Å²) in [6.07, 6.45) is 3.80. The maximum atomic E-state index is 11.7. The molecule has 3 aromatic rings. The van der Waals surface area contributed by atoms with Crippen LogP contribution >= 0.6 is 22.7 Å². The molecule has 0 bridgehead atoms. The summed E-state index contributed by atoms with van der Waals surface area (Å²) in [5.74, 6) is -0.0895. The highest BCUT2D eigenvalue weighted by Gasteiger charge is 2.07. The van der Waals surface area contributed by atoms with Crippen molar-refractivity contribution in [1.82, 2.24) is 5.32 Å². The van der Waals surface area contributed by atoms with Crippen molar-refractivity contribution in [1.29, 1.82) is 0 Å². The fourth-order valence-corrected chi connectivity index (χ4v) is 3.60. The van der Waals surface area contributed by atoms with E-state index in [1.165, 1.54) is 27.8 Å². The fraction of sp³-hybridized carbons (Fsp3) is 0.133. The molecular formula is C15H13NO2S2. The largest absolute Gasteiger partial charge is 0.472 e. The molecule has 0 fully saturated rings. The quantitative estimate of drug-likeness (QED) is 0.773. The van der Waals surface area contributed by atoms with Gasteiger partial charge in [-0.25, -0.2) is 0 Å². The zero-order chi connectivity index (χ0) is 13.8. The highest BCUT2D eigenvalue weighted by molar-refractivity contribution is 7.16. The van der Waals surface area contributed by atoms with Crippen LogP contribution in [0, 0.1) is 0 Å². The molecule has 20 heavy (non-hydrogen) atoms. The van der Waals surface area contributed by atoms with E-state index in [2.05, 4.69) is 34.3 Å². The van der Waals surface area contributed by atoms with E-state index >= 15 is 0 Å². The van der Waals surface area contributed by atoms with Crippen LogP contribution in [0.15, 0.2) is 52.0 Å². The number of amides is 1. The second kappa shape index (κ2) is 6.07. The van der Waals surface area contributed by atoms with Crippen LogP contribution in [0.3, 0.4) is 0 Å². The summed E-state index contributed by atoms with van der Waals surface area (Å²) in [6.45, 7) is 0.633. The number of nitrogens with one attached hydrogen (secondary N) is 1. The van der Waals surface area contributed by atoms with E-state index in [1.54, 1.807) is 28.7 Å². The zero-order valence-corrected chi connectivity index (χ0v) is 12.3. The van der Waals surface area contributed by atoms with Gasteiger partial charge < -0.3 is 9.73 Å². The lowest BCUT2D eigenvalue weighted by Gasteiger charge is -2.01. The van der Waals surface area contributed by atoms with Crippen molar-refractivity contribution >= 4 is 28.6 Å². The lowest BCUT2D eigenvalue weighted by molar-refractivity contribution is 0.0953. The minimum atomic E-state index is -0.0895. The molecule has 3 rings (SSSR count). The van der Waals surface area contributed by atoms with Gasteiger partial charge in [0.1, 0.15) is 6.26 Å². The van der Waals surface area contributed by atoms with Gasteiger partial charge >= 0.3 is 0 Å². The molecule has 0 saturated heterocycles. The van der Waals surface area contributed by atoms with Crippen LogP contribution in [0.2, 0.25) is 0 Å². The van der Waals surface area contributed by atoms with E-state index in [-0.39, 0.29) is 5.91 Å². The lowest BCUT2D eigenvalue weighted by Crippen LogP contribution is -2.24. The Hall–Kier alpha value is -1.85. The minimum Gasteiger partial charge on any atom is -0.472 e. The van der Waals surface area contributed by atoms with Crippen LogP contribution in [-0.4, -0.2) is 12.5 Å². The number of hydrogen-bond acceptors (Lipinski definition) is 4. The van der Waals surface area contributed by atoms with E-state index in [0.717, 1.165) is 6.42 Å². The average Bonchev–Trinajstić information content (AvgIpc) is 3.20. The van der Waals surface area contributed by atoms with Gasteiger partial charge in [-0.2, -0.15) is 11.3 Å². The molecule has 0 aromatic carbocycles. The molecule has 0 aliphatic rings. The third-order valence-electron chi connectivity index (χ3n) is 2.91. The van der Waals surface area contributed by atoms with Gasteiger partial charge in [-0.05, 0) is 41.4 Å². The van der Waals surface area contributed by atoms with Crippen LogP contribution < -0.4 is 5.32 Å². The Bertz CT molecular complexity index is 669. The van der Waals surface area contributed by atoms with Gasteiger partial charge in [0.25, 0.3) is 5.91 Å². The third kappa shape index (κ3) is 3.00.